The minimum atomic E-state index is 0.00877. The monoisotopic (exact) mass is 303 g/mol. The number of rotatable bonds is 6. The summed E-state index contributed by atoms with van der Waals surface area (Å²) < 4.78 is 0. The Labute approximate surface area is 134 Å². The van der Waals surface area contributed by atoms with Crippen molar-refractivity contribution in [3.05, 3.63) is 24.0 Å². The summed E-state index contributed by atoms with van der Waals surface area (Å²) in [5.74, 6) is 0.00877. The van der Waals surface area contributed by atoms with E-state index in [1.165, 1.54) is 38.5 Å². The molecule has 0 atom stereocenters. The predicted octanol–water partition coefficient (Wildman–Crippen LogP) is 4.09. The van der Waals surface area contributed by atoms with Crippen LogP contribution >= 0.6 is 0 Å². The number of anilines is 1. The van der Waals surface area contributed by atoms with Gasteiger partial charge < -0.3 is 10.2 Å². The second-order valence-electron chi connectivity index (χ2n) is 6.35. The lowest BCUT2D eigenvalue weighted by atomic mass is 10.1. The topological polar surface area (TPSA) is 45.2 Å². The molecule has 0 aliphatic heterocycles. The number of unbranched alkanes of at least 4 members (excludes halogenated alkanes) is 1. The first kappa shape index (κ1) is 16.8. The largest absolute Gasteiger partial charge is 0.381 e. The van der Waals surface area contributed by atoms with E-state index in [2.05, 4.69) is 17.2 Å². The van der Waals surface area contributed by atoms with Gasteiger partial charge >= 0.3 is 0 Å². The van der Waals surface area contributed by atoms with Crippen molar-refractivity contribution in [2.24, 2.45) is 0 Å². The third kappa shape index (κ3) is 5.00. The van der Waals surface area contributed by atoms with Gasteiger partial charge in [0.15, 0.2) is 0 Å². The molecule has 0 radical (unpaired) electrons. The smallest absolute Gasteiger partial charge is 0.272 e. The Hall–Kier alpha value is -1.58. The van der Waals surface area contributed by atoms with E-state index in [1.54, 1.807) is 11.1 Å². The Balaban J connectivity index is 1.90. The zero-order valence-corrected chi connectivity index (χ0v) is 14.0. The van der Waals surface area contributed by atoms with E-state index in [0.29, 0.717) is 11.7 Å². The summed E-state index contributed by atoms with van der Waals surface area (Å²) in [6.45, 7) is 2.92. The second kappa shape index (κ2) is 8.76. The molecular formula is C18H29N3O. The molecule has 2 rings (SSSR count). The molecule has 1 heterocycles. The molecule has 1 fully saturated rings. The number of carbonyl (C=O) groups is 1. The van der Waals surface area contributed by atoms with E-state index < -0.39 is 0 Å². The minimum absolute atomic E-state index is 0.00877. The van der Waals surface area contributed by atoms with Crippen molar-refractivity contribution in [1.29, 1.82) is 0 Å². The molecule has 1 aliphatic carbocycles. The van der Waals surface area contributed by atoms with Crippen molar-refractivity contribution in [1.82, 2.24) is 9.88 Å². The minimum Gasteiger partial charge on any atom is -0.381 e. The van der Waals surface area contributed by atoms with Crippen molar-refractivity contribution in [2.45, 2.75) is 64.3 Å². The molecule has 1 amide bonds. The SMILES string of the molecule is CCCCN(C)C(=O)c1ccc(NC2CCCCCC2)cn1. The Morgan fingerprint density at radius 1 is 1.27 bits per heavy atom. The first-order valence-corrected chi connectivity index (χ1v) is 8.68. The van der Waals surface area contributed by atoms with Crippen LogP contribution < -0.4 is 5.32 Å². The summed E-state index contributed by atoms with van der Waals surface area (Å²) in [5.41, 5.74) is 1.56. The highest BCUT2D eigenvalue weighted by Gasteiger charge is 2.14. The molecule has 1 aromatic rings. The zero-order valence-electron chi connectivity index (χ0n) is 14.0. The number of amides is 1. The summed E-state index contributed by atoms with van der Waals surface area (Å²) in [5, 5.41) is 3.56. The van der Waals surface area contributed by atoms with Gasteiger partial charge in [0.05, 0.1) is 11.9 Å². The maximum absolute atomic E-state index is 12.2. The van der Waals surface area contributed by atoms with Crippen molar-refractivity contribution >= 4 is 11.6 Å². The van der Waals surface area contributed by atoms with Crippen LogP contribution in [-0.4, -0.2) is 35.4 Å². The quantitative estimate of drug-likeness (QED) is 0.805. The number of carbonyl (C=O) groups excluding carboxylic acids is 1. The number of nitrogens with one attached hydrogen (secondary N) is 1. The van der Waals surface area contributed by atoms with Crippen molar-refractivity contribution < 1.29 is 4.79 Å². The Kier molecular flexibility index (Phi) is 6.69. The Morgan fingerprint density at radius 3 is 2.59 bits per heavy atom. The van der Waals surface area contributed by atoms with Crippen LogP contribution in [0.4, 0.5) is 5.69 Å². The molecule has 0 spiro atoms. The first-order valence-electron chi connectivity index (χ1n) is 8.68. The molecule has 0 saturated heterocycles. The molecule has 1 saturated carbocycles. The molecule has 0 unspecified atom stereocenters. The van der Waals surface area contributed by atoms with Crippen molar-refractivity contribution in [3.63, 3.8) is 0 Å². The zero-order chi connectivity index (χ0) is 15.8. The van der Waals surface area contributed by atoms with Crippen LogP contribution in [-0.2, 0) is 0 Å². The van der Waals surface area contributed by atoms with Crippen LogP contribution in [0, 0.1) is 0 Å². The molecule has 22 heavy (non-hydrogen) atoms. The van der Waals surface area contributed by atoms with Crippen LogP contribution in [0.15, 0.2) is 18.3 Å². The van der Waals surface area contributed by atoms with E-state index in [1.807, 2.05) is 19.2 Å². The maximum atomic E-state index is 12.2. The number of hydrogen-bond donors (Lipinski definition) is 1. The summed E-state index contributed by atoms with van der Waals surface area (Å²) in [7, 11) is 1.84. The normalized spacial score (nSPS) is 16.1. The second-order valence-corrected chi connectivity index (χ2v) is 6.35. The van der Waals surface area contributed by atoms with E-state index in [0.717, 1.165) is 25.1 Å². The van der Waals surface area contributed by atoms with Gasteiger partial charge in [0.2, 0.25) is 0 Å². The Morgan fingerprint density at radius 2 is 2.00 bits per heavy atom. The fourth-order valence-corrected chi connectivity index (χ4v) is 2.96. The molecule has 122 valence electrons. The van der Waals surface area contributed by atoms with Gasteiger partial charge in [0.25, 0.3) is 5.91 Å². The molecule has 4 heteroatoms. The van der Waals surface area contributed by atoms with Gasteiger partial charge in [-0.05, 0) is 31.4 Å². The van der Waals surface area contributed by atoms with Gasteiger partial charge in [0, 0.05) is 19.6 Å². The van der Waals surface area contributed by atoms with Gasteiger partial charge in [-0.15, -0.1) is 0 Å². The van der Waals surface area contributed by atoms with E-state index in [-0.39, 0.29) is 5.91 Å². The molecule has 1 N–H and O–H groups in total. The molecule has 0 bridgehead atoms. The number of pyridine rings is 1. The number of nitrogens with zero attached hydrogens (tertiary/aromatic N) is 2. The van der Waals surface area contributed by atoms with Crippen molar-refractivity contribution in [3.8, 4) is 0 Å². The highest BCUT2D eigenvalue weighted by atomic mass is 16.2. The molecule has 0 aromatic carbocycles. The molecule has 1 aromatic heterocycles. The Bertz CT molecular complexity index is 450. The summed E-state index contributed by atoms with van der Waals surface area (Å²) in [4.78, 5) is 18.3. The van der Waals surface area contributed by atoms with Crippen LogP contribution in [0.2, 0.25) is 0 Å². The van der Waals surface area contributed by atoms with Gasteiger partial charge in [-0.2, -0.15) is 0 Å². The molecule has 4 nitrogen and oxygen atoms in total. The summed E-state index contributed by atoms with van der Waals surface area (Å²) in [6, 6.07) is 4.38. The molecule has 1 aliphatic rings. The van der Waals surface area contributed by atoms with Crippen LogP contribution in [0.3, 0.4) is 0 Å². The standard InChI is InChI=1S/C18H29N3O/c1-3-4-13-21(2)18(22)17-12-11-16(14-19-17)20-15-9-7-5-6-8-10-15/h11-12,14-15,20H,3-10,13H2,1-2H3. The fourth-order valence-electron chi connectivity index (χ4n) is 2.96. The third-order valence-electron chi connectivity index (χ3n) is 4.40. The lowest BCUT2D eigenvalue weighted by Gasteiger charge is -2.18. The number of aromatic nitrogens is 1. The van der Waals surface area contributed by atoms with E-state index in [4.69, 9.17) is 0 Å². The van der Waals surface area contributed by atoms with Gasteiger partial charge in [-0.1, -0.05) is 39.0 Å². The first-order chi connectivity index (χ1) is 10.7. The maximum Gasteiger partial charge on any atom is 0.272 e. The van der Waals surface area contributed by atoms with Crippen LogP contribution in [0.25, 0.3) is 0 Å². The van der Waals surface area contributed by atoms with E-state index in [9.17, 15) is 4.79 Å². The van der Waals surface area contributed by atoms with Gasteiger partial charge in [0.1, 0.15) is 5.69 Å². The van der Waals surface area contributed by atoms with Gasteiger partial charge in [-0.3, -0.25) is 4.79 Å². The summed E-state index contributed by atoms with van der Waals surface area (Å²) >= 11 is 0. The van der Waals surface area contributed by atoms with Crippen LogP contribution in [0.1, 0.15) is 68.8 Å². The van der Waals surface area contributed by atoms with Crippen molar-refractivity contribution in [2.75, 3.05) is 18.9 Å². The predicted molar refractivity (Wildman–Crippen MR) is 91.2 cm³/mol. The highest BCUT2D eigenvalue weighted by Crippen LogP contribution is 2.21. The van der Waals surface area contributed by atoms with Crippen LogP contribution in [0.5, 0.6) is 0 Å². The fraction of sp³-hybridized carbons (Fsp3) is 0.667. The summed E-state index contributed by atoms with van der Waals surface area (Å²) in [6.07, 6.45) is 11.7. The van der Waals surface area contributed by atoms with E-state index >= 15 is 0 Å². The number of hydrogen-bond acceptors (Lipinski definition) is 3. The average molecular weight is 303 g/mol. The van der Waals surface area contributed by atoms with Gasteiger partial charge in [-0.25, -0.2) is 4.98 Å². The third-order valence-corrected chi connectivity index (χ3v) is 4.40. The average Bonchev–Trinajstić information content (AvgIpc) is 2.81. The highest BCUT2D eigenvalue weighted by molar-refractivity contribution is 5.92. The lowest BCUT2D eigenvalue weighted by molar-refractivity contribution is 0.0787. The molecular weight excluding hydrogens is 274 g/mol. The lowest BCUT2D eigenvalue weighted by Crippen LogP contribution is -2.28.